The fourth-order valence-corrected chi connectivity index (χ4v) is 3.30. The maximum atomic E-state index is 13.0. The van der Waals surface area contributed by atoms with Gasteiger partial charge in [-0.15, -0.1) is 0 Å². The van der Waals surface area contributed by atoms with Crippen molar-refractivity contribution in [2.45, 2.75) is 20.0 Å². The molecule has 0 spiro atoms. The number of rotatable bonds is 5. The molecule has 4 aromatic rings. The van der Waals surface area contributed by atoms with Crippen molar-refractivity contribution < 1.29 is 14.3 Å². The van der Waals surface area contributed by atoms with E-state index in [2.05, 4.69) is 9.97 Å². The van der Waals surface area contributed by atoms with Crippen LogP contribution in [0.5, 0.6) is 0 Å². The summed E-state index contributed by atoms with van der Waals surface area (Å²) in [5.41, 5.74) is 2.14. The number of carbonyl (C=O) groups is 2. The molecule has 154 valence electrons. The summed E-state index contributed by atoms with van der Waals surface area (Å²) in [4.78, 5) is 45.2. The van der Waals surface area contributed by atoms with Crippen LogP contribution in [0, 0.1) is 6.92 Å². The number of H-pyrrole nitrogens is 1. The molecule has 0 aliphatic rings. The number of hydrogen-bond acceptors (Lipinski definition) is 5. The maximum absolute atomic E-state index is 13.0. The SMILES string of the molecule is Cc1ccc(C(=O)c2ccccc2C(=O)O[C@H](C)c2nc3ccccc3c(=O)[nH]2)cc1. The Labute approximate surface area is 178 Å². The van der Waals surface area contributed by atoms with Crippen molar-refractivity contribution in [1.82, 2.24) is 9.97 Å². The average molecular weight is 412 g/mol. The zero-order valence-electron chi connectivity index (χ0n) is 17.1. The van der Waals surface area contributed by atoms with Crippen molar-refractivity contribution in [3.8, 4) is 0 Å². The number of carbonyl (C=O) groups excluding carboxylic acids is 2. The first kappa shape index (κ1) is 20.2. The van der Waals surface area contributed by atoms with Crippen LogP contribution in [0.3, 0.4) is 0 Å². The number of hydrogen-bond donors (Lipinski definition) is 1. The second-order valence-electron chi connectivity index (χ2n) is 7.26. The average Bonchev–Trinajstić information content (AvgIpc) is 2.79. The first-order valence-electron chi connectivity index (χ1n) is 9.84. The fourth-order valence-electron chi connectivity index (χ4n) is 3.30. The maximum Gasteiger partial charge on any atom is 0.339 e. The number of aromatic nitrogens is 2. The van der Waals surface area contributed by atoms with E-state index in [9.17, 15) is 14.4 Å². The Hall–Kier alpha value is -4.06. The summed E-state index contributed by atoms with van der Waals surface area (Å²) in [6.45, 7) is 3.56. The smallest absolute Gasteiger partial charge is 0.339 e. The summed E-state index contributed by atoms with van der Waals surface area (Å²) in [7, 11) is 0. The van der Waals surface area contributed by atoms with Crippen molar-refractivity contribution in [1.29, 1.82) is 0 Å². The largest absolute Gasteiger partial charge is 0.451 e. The van der Waals surface area contributed by atoms with Crippen LogP contribution < -0.4 is 5.56 Å². The number of nitrogens with one attached hydrogen (secondary N) is 1. The molecule has 1 aromatic heterocycles. The quantitative estimate of drug-likeness (QED) is 0.388. The monoisotopic (exact) mass is 412 g/mol. The van der Waals surface area contributed by atoms with E-state index in [1.54, 1.807) is 67.6 Å². The third-order valence-electron chi connectivity index (χ3n) is 5.01. The van der Waals surface area contributed by atoms with E-state index in [1.165, 1.54) is 0 Å². The summed E-state index contributed by atoms with van der Waals surface area (Å²) < 4.78 is 5.55. The predicted molar refractivity (Wildman–Crippen MR) is 117 cm³/mol. The normalized spacial score (nSPS) is 11.8. The number of fused-ring (bicyclic) bond motifs is 1. The molecule has 1 N–H and O–H groups in total. The van der Waals surface area contributed by atoms with E-state index in [1.807, 2.05) is 19.1 Å². The third kappa shape index (κ3) is 4.14. The Balaban J connectivity index is 1.61. The van der Waals surface area contributed by atoms with E-state index in [0.717, 1.165) is 5.56 Å². The van der Waals surface area contributed by atoms with Crippen LogP contribution >= 0.6 is 0 Å². The van der Waals surface area contributed by atoms with E-state index in [4.69, 9.17) is 4.74 Å². The van der Waals surface area contributed by atoms with Gasteiger partial charge in [0.15, 0.2) is 17.7 Å². The van der Waals surface area contributed by atoms with Crippen LogP contribution in [0.15, 0.2) is 77.6 Å². The lowest BCUT2D eigenvalue weighted by Gasteiger charge is -2.14. The fraction of sp³-hybridized carbons (Fsp3) is 0.120. The Morgan fingerprint density at radius 3 is 2.29 bits per heavy atom. The van der Waals surface area contributed by atoms with Crippen molar-refractivity contribution in [2.75, 3.05) is 0 Å². The molecule has 0 amide bonds. The van der Waals surface area contributed by atoms with Crippen LogP contribution in [-0.2, 0) is 4.74 Å². The molecule has 31 heavy (non-hydrogen) atoms. The Morgan fingerprint density at radius 1 is 0.903 bits per heavy atom. The molecule has 0 aliphatic carbocycles. The van der Waals surface area contributed by atoms with Gasteiger partial charge in [-0.3, -0.25) is 9.59 Å². The van der Waals surface area contributed by atoms with Crippen LogP contribution in [-0.4, -0.2) is 21.7 Å². The van der Waals surface area contributed by atoms with E-state index in [0.29, 0.717) is 16.5 Å². The minimum absolute atomic E-state index is 0.156. The first-order chi connectivity index (χ1) is 14.9. The molecule has 6 nitrogen and oxygen atoms in total. The van der Waals surface area contributed by atoms with E-state index >= 15 is 0 Å². The number of esters is 1. The van der Waals surface area contributed by atoms with Gasteiger partial charge in [0.1, 0.15) is 0 Å². The molecule has 4 rings (SSSR count). The van der Waals surface area contributed by atoms with Crippen LogP contribution in [0.25, 0.3) is 10.9 Å². The van der Waals surface area contributed by atoms with Gasteiger partial charge in [0.25, 0.3) is 5.56 Å². The van der Waals surface area contributed by atoms with Crippen molar-refractivity contribution in [3.63, 3.8) is 0 Å². The zero-order chi connectivity index (χ0) is 22.0. The molecular weight excluding hydrogens is 392 g/mol. The Bertz CT molecular complexity index is 1340. The van der Waals surface area contributed by atoms with Gasteiger partial charge in [0.05, 0.1) is 16.5 Å². The lowest BCUT2D eigenvalue weighted by molar-refractivity contribution is 0.0318. The van der Waals surface area contributed by atoms with Gasteiger partial charge < -0.3 is 9.72 Å². The van der Waals surface area contributed by atoms with Gasteiger partial charge in [-0.1, -0.05) is 60.2 Å². The van der Waals surface area contributed by atoms with Gasteiger partial charge in [-0.25, -0.2) is 9.78 Å². The van der Waals surface area contributed by atoms with Gasteiger partial charge in [-0.2, -0.15) is 0 Å². The van der Waals surface area contributed by atoms with Gasteiger partial charge in [0.2, 0.25) is 0 Å². The number of nitrogens with zero attached hydrogens (tertiary/aromatic N) is 1. The van der Waals surface area contributed by atoms with Gasteiger partial charge >= 0.3 is 5.97 Å². The molecule has 1 atom stereocenters. The topological polar surface area (TPSA) is 89.1 Å². The van der Waals surface area contributed by atoms with Crippen molar-refractivity contribution in [3.05, 3.63) is 111 Å². The highest BCUT2D eigenvalue weighted by atomic mass is 16.5. The summed E-state index contributed by atoms with van der Waals surface area (Å²) in [6.07, 6.45) is -0.813. The van der Waals surface area contributed by atoms with Gasteiger partial charge in [0, 0.05) is 11.1 Å². The lowest BCUT2D eigenvalue weighted by atomic mass is 9.98. The molecule has 3 aromatic carbocycles. The number of benzene rings is 3. The molecule has 0 saturated carbocycles. The Kier molecular flexibility index (Phi) is 5.45. The number of ketones is 1. The van der Waals surface area contributed by atoms with Crippen LogP contribution in [0.4, 0.5) is 0 Å². The zero-order valence-corrected chi connectivity index (χ0v) is 17.1. The van der Waals surface area contributed by atoms with E-state index < -0.39 is 12.1 Å². The number of ether oxygens (including phenoxy) is 1. The first-order valence-corrected chi connectivity index (χ1v) is 9.84. The number of aromatic amines is 1. The molecule has 0 unspecified atom stereocenters. The third-order valence-corrected chi connectivity index (χ3v) is 5.01. The Morgan fingerprint density at radius 2 is 1.55 bits per heavy atom. The second kappa shape index (κ2) is 8.36. The van der Waals surface area contributed by atoms with Gasteiger partial charge in [-0.05, 0) is 32.0 Å². The standard InChI is InChI=1S/C25H20N2O4/c1-15-11-13-17(14-12-15)22(28)18-7-3-4-8-19(18)25(30)31-16(2)23-26-21-10-6-5-9-20(21)24(29)27-23/h3-14,16H,1-2H3,(H,26,27,29)/t16-/m1/s1. The van der Waals surface area contributed by atoms with Crippen LogP contribution in [0.2, 0.25) is 0 Å². The lowest BCUT2D eigenvalue weighted by Crippen LogP contribution is -2.19. The highest BCUT2D eigenvalue weighted by Crippen LogP contribution is 2.20. The molecule has 0 aliphatic heterocycles. The number of para-hydroxylation sites is 1. The molecule has 0 bridgehead atoms. The van der Waals surface area contributed by atoms with E-state index in [-0.39, 0.29) is 28.3 Å². The molecule has 0 fully saturated rings. The summed E-state index contributed by atoms with van der Waals surface area (Å²) in [5, 5.41) is 0.457. The molecule has 0 saturated heterocycles. The van der Waals surface area contributed by atoms with Crippen LogP contribution in [0.1, 0.15) is 50.7 Å². The summed E-state index contributed by atoms with van der Waals surface area (Å²) in [6, 6.07) is 20.6. The summed E-state index contributed by atoms with van der Waals surface area (Å²) >= 11 is 0. The minimum atomic E-state index is -0.813. The number of aryl methyl sites for hydroxylation is 1. The molecule has 1 heterocycles. The highest BCUT2D eigenvalue weighted by Gasteiger charge is 2.22. The highest BCUT2D eigenvalue weighted by molar-refractivity contribution is 6.14. The minimum Gasteiger partial charge on any atom is -0.451 e. The molecular formula is C25H20N2O4. The molecule has 6 heteroatoms. The van der Waals surface area contributed by atoms with Crippen molar-refractivity contribution in [2.24, 2.45) is 0 Å². The molecule has 0 radical (unpaired) electrons. The second-order valence-corrected chi connectivity index (χ2v) is 7.26. The van der Waals surface area contributed by atoms with Crippen molar-refractivity contribution >= 4 is 22.7 Å². The predicted octanol–water partition coefficient (Wildman–Crippen LogP) is 4.38. The summed E-state index contributed by atoms with van der Waals surface area (Å²) in [5.74, 6) is -0.698.